The number of thiophene rings is 1. The van der Waals surface area contributed by atoms with Crippen molar-refractivity contribution >= 4 is 17.3 Å². The fourth-order valence-electron chi connectivity index (χ4n) is 3.76. The summed E-state index contributed by atoms with van der Waals surface area (Å²) >= 11 is 1.90. The van der Waals surface area contributed by atoms with Crippen molar-refractivity contribution in [1.82, 2.24) is 15.5 Å². The molecule has 1 aliphatic heterocycles. The molecule has 2 fully saturated rings. The number of nitrogens with one attached hydrogen (secondary N) is 2. The van der Waals surface area contributed by atoms with Gasteiger partial charge in [0.15, 0.2) is 5.96 Å². The van der Waals surface area contributed by atoms with Gasteiger partial charge in [-0.3, -0.25) is 9.89 Å². The van der Waals surface area contributed by atoms with E-state index in [1.807, 2.05) is 18.4 Å². The fraction of sp³-hybridized carbons (Fsp3) is 0.737. The van der Waals surface area contributed by atoms with Crippen LogP contribution in [0.15, 0.2) is 17.1 Å². The summed E-state index contributed by atoms with van der Waals surface area (Å²) in [5.74, 6) is 0.943. The monoisotopic (exact) mass is 364 g/mol. The molecule has 0 aromatic carbocycles. The molecule has 1 aromatic rings. The van der Waals surface area contributed by atoms with Gasteiger partial charge in [-0.2, -0.15) is 0 Å². The average molecular weight is 365 g/mol. The molecule has 2 aliphatic rings. The minimum absolute atomic E-state index is 0.382. The number of nitrogens with zero attached hydrogens (tertiary/aromatic N) is 2. The number of aliphatic imine (C=N–C) groups is 1. The second-order valence-corrected chi connectivity index (χ2v) is 8.36. The van der Waals surface area contributed by atoms with Gasteiger partial charge >= 0.3 is 0 Å². The van der Waals surface area contributed by atoms with Gasteiger partial charge in [-0.25, -0.2) is 0 Å². The third-order valence-corrected chi connectivity index (χ3v) is 6.31. The lowest BCUT2D eigenvalue weighted by molar-refractivity contribution is 0.0177. The Bertz CT molecular complexity index is 547. The van der Waals surface area contributed by atoms with E-state index in [1.165, 1.54) is 41.9 Å². The Hall–Kier alpha value is -1.11. The second kappa shape index (κ2) is 9.55. The summed E-state index contributed by atoms with van der Waals surface area (Å²) in [5, 5.41) is 7.20. The predicted molar refractivity (Wildman–Crippen MR) is 106 cm³/mol. The van der Waals surface area contributed by atoms with Crippen molar-refractivity contribution in [2.24, 2.45) is 4.99 Å². The molecule has 1 saturated heterocycles. The van der Waals surface area contributed by atoms with Crippen LogP contribution in [0.4, 0.5) is 0 Å². The van der Waals surface area contributed by atoms with Gasteiger partial charge in [0.05, 0.1) is 19.3 Å². The van der Waals surface area contributed by atoms with E-state index in [1.54, 1.807) is 0 Å². The molecule has 25 heavy (non-hydrogen) atoms. The fourth-order valence-corrected chi connectivity index (χ4v) is 4.77. The third-order valence-electron chi connectivity index (χ3n) is 5.21. The maximum atomic E-state index is 5.54. The van der Waals surface area contributed by atoms with Crippen molar-refractivity contribution in [2.75, 3.05) is 39.9 Å². The summed E-state index contributed by atoms with van der Waals surface area (Å²) in [6.45, 7) is 6.72. The van der Waals surface area contributed by atoms with E-state index in [2.05, 4.69) is 39.6 Å². The highest BCUT2D eigenvalue weighted by molar-refractivity contribution is 7.12. The number of aryl methyl sites for hydroxylation is 1. The first-order valence-corrected chi connectivity index (χ1v) is 10.4. The van der Waals surface area contributed by atoms with E-state index in [0.717, 1.165) is 38.8 Å². The molecule has 1 unspecified atom stereocenters. The van der Waals surface area contributed by atoms with Crippen LogP contribution in [-0.2, 0) is 4.74 Å². The highest BCUT2D eigenvalue weighted by atomic mass is 32.1. The molecule has 1 atom stereocenters. The molecular weight excluding hydrogens is 332 g/mol. The summed E-state index contributed by atoms with van der Waals surface area (Å²) in [7, 11) is 1.87. The van der Waals surface area contributed by atoms with Gasteiger partial charge in [-0.15, -0.1) is 11.3 Å². The molecule has 5 nitrogen and oxygen atoms in total. The van der Waals surface area contributed by atoms with Crippen molar-refractivity contribution in [3.63, 3.8) is 0 Å². The summed E-state index contributed by atoms with van der Waals surface area (Å²) in [6, 6.07) is 5.46. The van der Waals surface area contributed by atoms with Gasteiger partial charge < -0.3 is 15.4 Å². The number of morpholine rings is 1. The minimum atomic E-state index is 0.382. The molecule has 2 heterocycles. The maximum Gasteiger partial charge on any atom is 0.191 e. The van der Waals surface area contributed by atoms with E-state index in [0.29, 0.717) is 12.1 Å². The zero-order valence-corrected chi connectivity index (χ0v) is 16.4. The number of rotatable bonds is 5. The van der Waals surface area contributed by atoms with Crippen LogP contribution in [0.3, 0.4) is 0 Å². The highest BCUT2D eigenvalue weighted by Gasteiger charge is 2.24. The number of guanidine groups is 1. The molecule has 0 spiro atoms. The molecular formula is C19H32N4OS. The highest BCUT2D eigenvalue weighted by Crippen LogP contribution is 2.28. The van der Waals surface area contributed by atoms with Crippen LogP contribution in [0.2, 0.25) is 0 Å². The van der Waals surface area contributed by atoms with Crippen molar-refractivity contribution in [1.29, 1.82) is 0 Å². The van der Waals surface area contributed by atoms with Gasteiger partial charge in [0.25, 0.3) is 0 Å². The Balaban J connectivity index is 1.60. The van der Waals surface area contributed by atoms with Crippen LogP contribution in [-0.4, -0.2) is 56.8 Å². The first-order chi connectivity index (χ1) is 12.3. The van der Waals surface area contributed by atoms with E-state index in [9.17, 15) is 0 Å². The lowest BCUT2D eigenvalue weighted by Crippen LogP contribution is -2.48. The first kappa shape index (κ1) is 18.7. The summed E-state index contributed by atoms with van der Waals surface area (Å²) in [4.78, 5) is 9.79. The largest absolute Gasteiger partial charge is 0.379 e. The summed E-state index contributed by atoms with van der Waals surface area (Å²) in [6.07, 6.45) is 6.57. The Morgan fingerprint density at radius 1 is 1.28 bits per heavy atom. The number of ether oxygens (including phenoxy) is 1. The van der Waals surface area contributed by atoms with Crippen molar-refractivity contribution < 1.29 is 4.74 Å². The quantitative estimate of drug-likeness (QED) is 0.623. The Morgan fingerprint density at radius 3 is 2.68 bits per heavy atom. The van der Waals surface area contributed by atoms with Crippen LogP contribution in [0.5, 0.6) is 0 Å². The van der Waals surface area contributed by atoms with Crippen molar-refractivity contribution in [3.05, 3.63) is 21.9 Å². The summed E-state index contributed by atoms with van der Waals surface area (Å²) < 4.78 is 5.54. The number of hydrogen-bond acceptors (Lipinski definition) is 4. The van der Waals surface area contributed by atoms with Gasteiger partial charge in [0.1, 0.15) is 0 Å². The molecule has 3 rings (SSSR count). The molecule has 0 radical (unpaired) electrons. The maximum absolute atomic E-state index is 5.54. The molecule has 2 N–H and O–H groups in total. The summed E-state index contributed by atoms with van der Waals surface area (Å²) in [5.41, 5.74) is 0. The van der Waals surface area contributed by atoms with Gasteiger partial charge in [0, 0.05) is 42.5 Å². The van der Waals surface area contributed by atoms with Crippen molar-refractivity contribution in [3.8, 4) is 0 Å². The smallest absolute Gasteiger partial charge is 0.191 e. The zero-order chi connectivity index (χ0) is 17.5. The van der Waals surface area contributed by atoms with Crippen LogP contribution >= 0.6 is 11.3 Å². The van der Waals surface area contributed by atoms with E-state index in [-0.39, 0.29) is 0 Å². The lowest BCUT2D eigenvalue weighted by atomic mass is 9.96. The first-order valence-electron chi connectivity index (χ1n) is 9.61. The van der Waals surface area contributed by atoms with Gasteiger partial charge in [-0.1, -0.05) is 19.3 Å². The third kappa shape index (κ3) is 5.43. The minimum Gasteiger partial charge on any atom is -0.379 e. The van der Waals surface area contributed by atoms with Crippen LogP contribution in [0.1, 0.15) is 47.9 Å². The molecule has 0 amide bonds. The molecule has 140 valence electrons. The van der Waals surface area contributed by atoms with Crippen LogP contribution in [0.25, 0.3) is 0 Å². The molecule has 1 aromatic heterocycles. The SMILES string of the molecule is CN=C(NCC(c1ccc(C)s1)N1CCOCC1)NC1CCCCC1. The molecule has 6 heteroatoms. The van der Waals surface area contributed by atoms with E-state index in [4.69, 9.17) is 4.74 Å². The van der Waals surface area contributed by atoms with E-state index >= 15 is 0 Å². The average Bonchev–Trinajstić information content (AvgIpc) is 3.08. The lowest BCUT2D eigenvalue weighted by Gasteiger charge is -2.34. The normalized spacial score (nSPS) is 21.9. The zero-order valence-electron chi connectivity index (χ0n) is 15.6. The van der Waals surface area contributed by atoms with Crippen LogP contribution in [0, 0.1) is 6.92 Å². The van der Waals surface area contributed by atoms with E-state index < -0.39 is 0 Å². The van der Waals surface area contributed by atoms with Crippen molar-refractivity contribution in [2.45, 2.75) is 51.1 Å². The van der Waals surface area contributed by atoms with Crippen LogP contribution < -0.4 is 10.6 Å². The predicted octanol–water partition coefficient (Wildman–Crippen LogP) is 2.93. The molecule has 0 bridgehead atoms. The standard InChI is InChI=1S/C19H32N4OS/c1-15-8-9-18(25-15)17(23-10-12-24-13-11-23)14-21-19(20-2)22-16-6-4-3-5-7-16/h8-9,16-17H,3-7,10-14H2,1-2H3,(H2,20,21,22). The Morgan fingerprint density at radius 2 is 2.04 bits per heavy atom. The van der Waals surface area contributed by atoms with Gasteiger partial charge in [-0.05, 0) is 31.9 Å². The molecule has 1 aliphatic carbocycles. The molecule has 1 saturated carbocycles. The topological polar surface area (TPSA) is 48.9 Å². The Labute approximate surface area is 155 Å². The van der Waals surface area contributed by atoms with Gasteiger partial charge in [0.2, 0.25) is 0 Å². The number of hydrogen-bond donors (Lipinski definition) is 2. The Kier molecular flexibility index (Phi) is 7.13. The second-order valence-electron chi connectivity index (χ2n) is 7.04.